The van der Waals surface area contributed by atoms with Crippen molar-refractivity contribution in [3.05, 3.63) is 46.4 Å². The highest BCUT2D eigenvalue weighted by atomic mass is 79.9. The molecule has 2 bridgehead atoms. The molecule has 2 saturated carbocycles. The fourth-order valence-corrected chi connectivity index (χ4v) is 5.95. The van der Waals surface area contributed by atoms with Gasteiger partial charge in [-0.3, -0.25) is 4.79 Å². The van der Waals surface area contributed by atoms with Crippen LogP contribution in [0.1, 0.15) is 52.0 Å². The standard InChI is InChI=1S/C26H31BrF2N2O3/c1-25(2,3)34-24(33)31-20-12-16-4-5-17(13-20)21(16)22(32)23(30)26(28,29)18-8-6-15-11-19(27)9-7-14(15)10-18/h6-11,16-17,20-21,23H,4-5,12-13,30H2,1-3H3,(H,31,33). The minimum atomic E-state index is -3.48. The quantitative estimate of drug-likeness (QED) is 0.496. The number of halogens is 3. The zero-order valence-electron chi connectivity index (χ0n) is 19.6. The smallest absolute Gasteiger partial charge is 0.407 e. The van der Waals surface area contributed by atoms with E-state index in [-0.39, 0.29) is 23.4 Å². The second-order valence-electron chi connectivity index (χ2n) is 10.6. The lowest BCUT2D eigenvalue weighted by Crippen LogP contribution is -2.52. The molecule has 0 aromatic heterocycles. The fourth-order valence-electron chi connectivity index (χ4n) is 5.57. The lowest BCUT2D eigenvalue weighted by Gasteiger charge is -2.37. The lowest BCUT2D eigenvalue weighted by atomic mass is 9.72. The summed E-state index contributed by atoms with van der Waals surface area (Å²) in [5.74, 6) is -4.70. The molecule has 3 atom stereocenters. The van der Waals surface area contributed by atoms with Gasteiger partial charge in [-0.1, -0.05) is 34.1 Å². The number of carbonyl (C=O) groups is 2. The molecular weight excluding hydrogens is 506 g/mol. The molecule has 0 radical (unpaired) electrons. The van der Waals surface area contributed by atoms with E-state index in [1.54, 1.807) is 39.0 Å². The summed E-state index contributed by atoms with van der Waals surface area (Å²) >= 11 is 3.38. The third-order valence-electron chi connectivity index (χ3n) is 7.03. The van der Waals surface area contributed by atoms with Crippen LogP contribution in [-0.4, -0.2) is 29.6 Å². The molecule has 5 nitrogen and oxygen atoms in total. The number of nitrogens with two attached hydrogens (primary N) is 1. The highest BCUT2D eigenvalue weighted by molar-refractivity contribution is 9.10. The third kappa shape index (κ3) is 5.13. The second-order valence-corrected chi connectivity index (χ2v) is 11.6. The topological polar surface area (TPSA) is 81.4 Å². The molecule has 3 unspecified atom stereocenters. The number of ketones is 1. The van der Waals surface area contributed by atoms with Crippen LogP contribution < -0.4 is 11.1 Å². The Balaban J connectivity index is 1.46. The van der Waals surface area contributed by atoms with Crippen LogP contribution in [-0.2, 0) is 15.5 Å². The van der Waals surface area contributed by atoms with Crippen molar-refractivity contribution in [3.8, 4) is 0 Å². The Labute approximate surface area is 206 Å². The summed E-state index contributed by atoms with van der Waals surface area (Å²) in [6, 6.07) is 7.73. The van der Waals surface area contributed by atoms with Gasteiger partial charge in [-0.05, 0) is 87.3 Å². The van der Waals surface area contributed by atoms with Gasteiger partial charge in [-0.2, -0.15) is 8.78 Å². The highest BCUT2D eigenvalue weighted by Gasteiger charge is 2.52. The van der Waals surface area contributed by atoms with Gasteiger partial charge in [0.2, 0.25) is 0 Å². The third-order valence-corrected chi connectivity index (χ3v) is 7.53. The van der Waals surface area contributed by atoms with Crippen molar-refractivity contribution in [2.45, 2.75) is 70.1 Å². The van der Waals surface area contributed by atoms with Crippen LogP contribution in [0.15, 0.2) is 40.9 Å². The zero-order valence-corrected chi connectivity index (χ0v) is 21.2. The highest BCUT2D eigenvalue weighted by Crippen LogP contribution is 2.49. The molecule has 2 fully saturated rings. The number of hydrogen-bond donors (Lipinski definition) is 2. The van der Waals surface area contributed by atoms with Crippen molar-refractivity contribution in [2.75, 3.05) is 0 Å². The van der Waals surface area contributed by atoms with E-state index in [2.05, 4.69) is 21.2 Å². The molecule has 2 aromatic carbocycles. The molecule has 4 rings (SSSR count). The normalized spacial score (nSPS) is 25.7. The van der Waals surface area contributed by atoms with E-state index in [0.717, 1.165) is 22.7 Å². The number of alkyl halides is 2. The summed E-state index contributed by atoms with van der Waals surface area (Å²) in [5, 5.41) is 4.37. The van der Waals surface area contributed by atoms with Gasteiger partial charge in [0.15, 0.2) is 5.78 Å². The van der Waals surface area contributed by atoms with E-state index in [0.29, 0.717) is 18.2 Å². The molecule has 184 valence electrons. The average molecular weight is 537 g/mol. The summed E-state index contributed by atoms with van der Waals surface area (Å²) in [6.45, 7) is 5.38. The van der Waals surface area contributed by atoms with Gasteiger partial charge < -0.3 is 15.8 Å². The summed E-state index contributed by atoms with van der Waals surface area (Å²) in [6.07, 6.45) is 2.19. The predicted octanol–water partition coefficient (Wildman–Crippen LogP) is 5.92. The number of amides is 1. The maximum atomic E-state index is 15.4. The van der Waals surface area contributed by atoms with Gasteiger partial charge >= 0.3 is 6.09 Å². The summed E-state index contributed by atoms with van der Waals surface area (Å²) < 4.78 is 37.0. The van der Waals surface area contributed by atoms with Crippen LogP contribution in [0.4, 0.5) is 13.6 Å². The van der Waals surface area contributed by atoms with Crippen LogP contribution in [0.3, 0.4) is 0 Å². The number of carbonyl (C=O) groups excluding carboxylic acids is 2. The van der Waals surface area contributed by atoms with Gasteiger partial charge in [0.25, 0.3) is 5.92 Å². The Kier molecular flexibility index (Phi) is 6.77. The Morgan fingerprint density at radius 3 is 2.26 bits per heavy atom. The first-order valence-electron chi connectivity index (χ1n) is 11.7. The van der Waals surface area contributed by atoms with Crippen LogP contribution in [0.25, 0.3) is 10.8 Å². The molecule has 2 aromatic rings. The molecule has 0 heterocycles. The minimum Gasteiger partial charge on any atom is -0.444 e. The minimum absolute atomic E-state index is 0.0676. The van der Waals surface area contributed by atoms with Gasteiger partial charge in [0, 0.05) is 22.0 Å². The molecule has 3 N–H and O–H groups in total. The molecule has 1 amide bonds. The average Bonchev–Trinajstić information content (AvgIpc) is 3.01. The van der Waals surface area contributed by atoms with Crippen molar-refractivity contribution in [1.29, 1.82) is 0 Å². The molecule has 34 heavy (non-hydrogen) atoms. The molecule has 0 spiro atoms. The van der Waals surface area contributed by atoms with E-state index in [9.17, 15) is 9.59 Å². The van der Waals surface area contributed by atoms with E-state index in [1.807, 2.05) is 6.07 Å². The molecule has 2 aliphatic rings. The first-order chi connectivity index (χ1) is 15.8. The lowest BCUT2D eigenvalue weighted by molar-refractivity contribution is -0.138. The van der Waals surface area contributed by atoms with Gasteiger partial charge in [-0.25, -0.2) is 4.79 Å². The zero-order chi connectivity index (χ0) is 24.8. The Morgan fingerprint density at radius 1 is 1.06 bits per heavy atom. The molecule has 8 heteroatoms. The van der Waals surface area contributed by atoms with E-state index in [1.165, 1.54) is 12.1 Å². The van der Waals surface area contributed by atoms with Gasteiger partial charge in [-0.15, -0.1) is 0 Å². The van der Waals surface area contributed by atoms with Crippen molar-refractivity contribution in [3.63, 3.8) is 0 Å². The summed E-state index contributed by atoms with van der Waals surface area (Å²) in [5.41, 5.74) is 5.11. The van der Waals surface area contributed by atoms with E-state index < -0.39 is 35.4 Å². The number of nitrogens with one attached hydrogen (secondary N) is 1. The first kappa shape index (κ1) is 25.0. The van der Waals surface area contributed by atoms with E-state index in [4.69, 9.17) is 10.5 Å². The Bertz CT molecular complexity index is 1090. The number of alkyl carbamates (subject to hydrolysis) is 1. The predicted molar refractivity (Wildman–Crippen MR) is 131 cm³/mol. The van der Waals surface area contributed by atoms with Crippen LogP contribution in [0.5, 0.6) is 0 Å². The second kappa shape index (κ2) is 9.19. The van der Waals surface area contributed by atoms with Crippen molar-refractivity contribution < 1.29 is 23.1 Å². The van der Waals surface area contributed by atoms with Crippen molar-refractivity contribution in [1.82, 2.24) is 5.32 Å². The number of hydrogen-bond acceptors (Lipinski definition) is 4. The van der Waals surface area contributed by atoms with Crippen LogP contribution in [0, 0.1) is 17.8 Å². The molecule has 0 saturated heterocycles. The maximum absolute atomic E-state index is 15.4. The molecule has 2 aliphatic carbocycles. The maximum Gasteiger partial charge on any atom is 0.407 e. The molecule has 0 aliphatic heterocycles. The number of benzene rings is 2. The number of Topliss-reactive ketones (excluding diaryl/α,β-unsaturated/α-hetero) is 1. The van der Waals surface area contributed by atoms with Crippen LogP contribution in [0.2, 0.25) is 0 Å². The van der Waals surface area contributed by atoms with E-state index >= 15 is 8.78 Å². The summed E-state index contributed by atoms with van der Waals surface area (Å²) in [4.78, 5) is 25.4. The monoisotopic (exact) mass is 536 g/mol. The van der Waals surface area contributed by atoms with Gasteiger partial charge in [0.05, 0.1) is 0 Å². The van der Waals surface area contributed by atoms with Crippen LogP contribution >= 0.6 is 15.9 Å². The number of fused-ring (bicyclic) bond motifs is 3. The molecular formula is C26H31BrF2N2O3. The number of ether oxygens (including phenoxy) is 1. The first-order valence-corrected chi connectivity index (χ1v) is 12.5. The van der Waals surface area contributed by atoms with Gasteiger partial charge in [0.1, 0.15) is 11.6 Å². The van der Waals surface area contributed by atoms with Crippen molar-refractivity contribution >= 4 is 38.6 Å². The SMILES string of the molecule is CC(C)(C)OC(=O)NC1CC2CCC(C1)C2C(=O)C(N)C(F)(F)c1ccc2cc(Br)ccc2c1. The number of rotatable bonds is 5. The Morgan fingerprint density at radius 2 is 1.65 bits per heavy atom. The fraction of sp³-hybridized carbons (Fsp3) is 0.538. The Hall–Kier alpha value is -2.06. The largest absolute Gasteiger partial charge is 0.444 e. The van der Waals surface area contributed by atoms with Crippen molar-refractivity contribution in [2.24, 2.45) is 23.5 Å². The summed E-state index contributed by atoms with van der Waals surface area (Å²) in [7, 11) is 0.